The number of hydrogen-bond donors (Lipinski definition) is 0. The number of carbonyl (C=O) groups excluding carboxylic acids is 2. The van der Waals surface area contributed by atoms with Gasteiger partial charge in [0.25, 0.3) is 5.91 Å². The second kappa shape index (κ2) is 8.70. The lowest BCUT2D eigenvalue weighted by Gasteiger charge is -2.40. The number of likely N-dealkylation sites (tertiary alicyclic amines) is 1. The minimum absolute atomic E-state index is 0.00685. The molecule has 1 atom stereocenters. The zero-order chi connectivity index (χ0) is 19.2. The molecular weight excluding hydrogens is 342 g/mol. The molecular formula is C20H25N5O2. The quantitative estimate of drug-likeness (QED) is 0.809. The number of amides is 2. The maximum Gasteiger partial charge on any atom is 0.255 e. The van der Waals surface area contributed by atoms with E-state index in [1.165, 1.54) is 12.4 Å². The van der Waals surface area contributed by atoms with Crippen molar-refractivity contribution in [2.24, 2.45) is 5.92 Å². The minimum atomic E-state index is -0.0999. The summed E-state index contributed by atoms with van der Waals surface area (Å²) in [6.07, 6.45) is 8.27. The van der Waals surface area contributed by atoms with Crippen LogP contribution in [-0.2, 0) is 11.3 Å². The summed E-state index contributed by atoms with van der Waals surface area (Å²) < 4.78 is 0. The Hall–Kier alpha value is -2.83. The van der Waals surface area contributed by atoms with E-state index in [0.29, 0.717) is 25.2 Å². The summed E-state index contributed by atoms with van der Waals surface area (Å²) in [7, 11) is 0. The summed E-state index contributed by atoms with van der Waals surface area (Å²) in [6, 6.07) is 5.52. The Morgan fingerprint density at radius 2 is 2.07 bits per heavy atom. The predicted molar refractivity (Wildman–Crippen MR) is 101 cm³/mol. The third-order valence-corrected chi connectivity index (χ3v) is 4.81. The van der Waals surface area contributed by atoms with E-state index in [1.807, 2.05) is 35.8 Å². The smallest absolute Gasteiger partial charge is 0.255 e. The maximum atomic E-state index is 12.9. The van der Waals surface area contributed by atoms with Gasteiger partial charge < -0.3 is 9.80 Å². The number of aromatic nitrogens is 3. The molecule has 0 saturated carbocycles. The molecule has 27 heavy (non-hydrogen) atoms. The Labute approximate surface area is 159 Å². The van der Waals surface area contributed by atoms with Gasteiger partial charge in [-0.3, -0.25) is 14.6 Å². The van der Waals surface area contributed by atoms with Gasteiger partial charge >= 0.3 is 0 Å². The third-order valence-electron chi connectivity index (χ3n) is 4.81. The molecule has 7 heteroatoms. The molecule has 2 aromatic heterocycles. The topological polar surface area (TPSA) is 79.3 Å². The number of carbonyl (C=O) groups is 2. The summed E-state index contributed by atoms with van der Waals surface area (Å²) >= 11 is 0. The average Bonchev–Trinajstić information content (AvgIpc) is 2.72. The molecule has 0 aliphatic carbocycles. The lowest BCUT2D eigenvalue weighted by Crippen LogP contribution is -2.52. The van der Waals surface area contributed by atoms with Gasteiger partial charge in [0.1, 0.15) is 0 Å². The molecule has 1 unspecified atom stereocenters. The van der Waals surface area contributed by atoms with Crippen LogP contribution in [-0.4, -0.2) is 55.9 Å². The third kappa shape index (κ3) is 4.67. The van der Waals surface area contributed by atoms with Gasteiger partial charge in [0.2, 0.25) is 5.91 Å². The van der Waals surface area contributed by atoms with Crippen molar-refractivity contribution >= 4 is 11.8 Å². The molecule has 7 nitrogen and oxygen atoms in total. The molecule has 0 N–H and O–H groups in total. The zero-order valence-corrected chi connectivity index (χ0v) is 15.8. The second-order valence-corrected chi connectivity index (χ2v) is 7.16. The monoisotopic (exact) mass is 367 g/mol. The van der Waals surface area contributed by atoms with Gasteiger partial charge in [0, 0.05) is 44.0 Å². The van der Waals surface area contributed by atoms with Gasteiger partial charge in [0.15, 0.2) is 0 Å². The lowest BCUT2D eigenvalue weighted by molar-refractivity contribution is -0.138. The minimum Gasteiger partial charge on any atom is -0.337 e. The van der Waals surface area contributed by atoms with Crippen molar-refractivity contribution in [1.82, 2.24) is 25.0 Å². The predicted octanol–water partition coefficient (Wildman–Crippen LogP) is 2.16. The molecule has 0 radical (unpaired) electrons. The molecule has 2 aromatic rings. The SMILES string of the molecule is CC(C)C(=O)N(Cc1cccnc1)C1CCCN(C(=O)c2ccnnc2)C1. The van der Waals surface area contributed by atoms with Crippen LogP contribution >= 0.6 is 0 Å². The fraction of sp³-hybridized carbons (Fsp3) is 0.450. The van der Waals surface area contributed by atoms with E-state index in [1.54, 1.807) is 18.5 Å². The van der Waals surface area contributed by atoms with Crippen LogP contribution in [0.25, 0.3) is 0 Å². The highest BCUT2D eigenvalue weighted by Crippen LogP contribution is 2.21. The number of nitrogens with zero attached hydrogens (tertiary/aromatic N) is 5. The fourth-order valence-corrected chi connectivity index (χ4v) is 3.40. The summed E-state index contributed by atoms with van der Waals surface area (Å²) in [4.78, 5) is 33.5. The van der Waals surface area contributed by atoms with E-state index < -0.39 is 0 Å². The Morgan fingerprint density at radius 1 is 1.22 bits per heavy atom. The fourth-order valence-electron chi connectivity index (χ4n) is 3.40. The van der Waals surface area contributed by atoms with Crippen molar-refractivity contribution in [3.63, 3.8) is 0 Å². The summed E-state index contributed by atoms with van der Waals surface area (Å²) in [6.45, 7) is 5.54. The summed E-state index contributed by atoms with van der Waals surface area (Å²) in [5.41, 5.74) is 1.52. The number of hydrogen-bond acceptors (Lipinski definition) is 5. The van der Waals surface area contributed by atoms with Gasteiger partial charge in [-0.15, -0.1) is 0 Å². The van der Waals surface area contributed by atoms with E-state index in [4.69, 9.17) is 0 Å². The van der Waals surface area contributed by atoms with Gasteiger partial charge in [-0.25, -0.2) is 0 Å². The normalized spacial score (nSPS) is 17.0. The maximum absolute atomic E-state index is 12.9. The largest absolute Gasteiger partial charge is 0.337 e. The first-order valence-electron chi connectivity index (χ1n) is 9.31. The first-order chi connectivity index (χ1) is 13.1. The molecule has 1 aliphatic heterocycles. The highest BCUT2D eigenvalue weighted by Gasteiger charge is 2.32. The van der Waals surface area contributed by atoms with E-state index in [0.717, 1.165) is 18.4 Å². The number of pyridine rings is 1. The van der Waals surface area contributed by atoms with E-state index >= 15 is 0 Å². The van der Waals surface area contributed by atoms with Crippen LogP contribution in [0.4, 0.5) is 0 Å². The van der Waals surface area contributed by atoms with Crippen LogP contribution < -0.4 is 0 Å². The highest BCUT2D eigenvalue weighted by molar-refractivity contribution is 5.94. The Bertz CT molecular complexity index is 766. The molecule has 1 fully saturated rings. The number of piperidine rings is 1. The first kappa shape index (κ1) is 18.9. The Kier molecular flexibility index (Phi) is 6.11. The number of rotatable bonds is 5. The van der Waals surface area contributed by atoms with Crippen LogP contribution in [0.1, 0.15) is 42.6 Å². The van der Waals surface area contributed by atoms with E-state index in [9.17, 15) is 9.59 Å². The summed E-state index contributed by atoms with van der Waals surface area (Å²) in [5.74, 6) is -0.0613. The van der Waals surface area contributed by atoms with Gasteiger partial charge in [-0.1, -0.05) is 19.9 Å². The van der Waals surface area contributed by atoms with Crippen LogP contribution in [0, 0.1) is 5.92 Å². The first-order valence-corrected chi connectivity index (χ1v) is 9.31. The molecule has 2 amide bonds. The Balaban J connectivity index is 1.77. The lowest BCUT2D eigenvalue weighted by atomic mass is 10.0. The van der Waals surface area contributed by atoms with Crippen molar-refractivity contribution in [2.75, 3.05) is 13.1 Å². The Morgan fingerprint density at radius 3 is 2.74 bits per heavy atom. The van der Waals surface area contributed by atoms with Crippen molar-refractivity contribution < 1.29 is 9.59 Å². The van der Waals surface area contributed by atoms with Crippen LogP contribution in [0.3, 0.4) is 0 Å². The van der Waals surface area contributed by atoms with Crippen molar-refractivity contribution in [3.8, 4) is 0 Å². The molecule has 0 spiro atoms. The molecule has 142 valence electrons. The van der Waals surface area contributed by atoms with Gasteiger partial charge in [-0.05, 0) is 30.5 Å². The van der Waals surface area contributed by atoms with E-state index in [-0.39, 0.29) is 23.8 Å². The van der Waals surface area contributed by atoms with Crippen LogP contribution in [0.2, 0.25) is 0 Å². The standard InChI is InChI=1S/C20H25N5O2/c1-15(2)19(26)25(13-16-5-3-8-21-11-16)18-6-4-10-24(14-18)20(27)17-7-9-22-23-12-17/h3,5,7-9,11-12,15,18H,4,6,10,13-14H2,1-2H3. The molecule has 3 heterocycles. The molecule has 3 rings (SSSR count). The molecule has 0 bridgehead atoms. The van der Waals surface area contributed by atoms with Crippen LogP contribution in [0.5, 0.6) is 0 Å². The van der Waals surface area contributed by atoms with Crippen LogP contribution in [0.15, 0.2) is 43.0 Å². The van der Waals surface area contributed by atoms with Crippen molar-refractivity contribution in [3.05, 3.63) is 54.1 Å². The molecule has 1 saturated heterocycles. The summed E-state index contributed by atoms with van der Waals surface area (Å²) in [5, 5.41) is 7.52. The van der Waals surface area contributed by atoms with Crippen molar-refractivity contribution in [1.29, 1.82) is 0 Å². The van der Waals surface area contributed by atoms with E-state index in [2.05, 4.69) is 15.2 Å². The average molecular weight is 367 g/mol. The van der Waals surface area contributed by atoms with Gasteiger partial charge in [-0.2, -0.15) is 10.2 Å². The van der Waals surface area contributed by atoms with Crippen molar-refractivity contribution in [2.45, 2.75) is 39.3 Å². The van der Waals surface area contributed by atoms with Gasteiger partial charge in [0.05, 0.1) is 18.0 Å². The zero-order valence-electron chi connectivity index (χ0n) is 15.8. The second-order valence-electron chi connectivity index (χ2n) is 7.16. The molecule has 0 aromatic carbocycles. The highest BCUT2D eigenvalue weighted by atomic mass is 16.2. The molecule has 1 aliphatic rings.